The third kappa shape index (κ3) is 58.5. The highest BCUT2D eigenvalue weighted by molar-refractivity contribution is 5.79. The van der Waals surface area contributed by atoms with Crippen LogP contribution in [0.15, 0.2) is 0 Å². The normalized spacial score (nSPS) is 10.4. The third-order valence-corrected chi connectivity index (χ3v) is 2.03. The lowest BCUT2D eigenvalue weighted by molar-refractivity contribution is -0.366. The summed E-state index contributed by atoms with van der Waals surface area (Å²) in [5.74, 6) is -7.88. The van der Waals surface area contributed by atoms with Crippen LogP contribution in [0.5, 0.6) is 0 Å². The standard InChI is InChI=1S/2C4H6O5.2C3H7NO2.C2H6O/c2*5-2(4(8)9)1-3(6)7;2*4-2-1-3(5)6;1-2-3/h2*2,5H,1H2,(H,6,7)(H,8,9);2*1-2,4H2,(H,5,6);3H,2H2,1H3/p-1. The van der Waals surface area contributed by atoms with E-state index in [4.69, 9.17) is 41.5 Å². The molecule has 2 unspecified atom stereocenters. The molecule has 0 aliphatic carbocycles. The lowest BCUT2D eigenvalue weighted by Gasteiger charge is -2.10. The molecule has 0 aromatic heterocycles. The van der Waals surface area contributed by atoms with Gasteiger partial charge in [0.05, 0.1) is 37.9 Å². The number of aliphatic hydroxyl groups is 3. The van der Waals surface area contributed by atoms with Gasteiger partial charge in [-0.05, 0) is 6.92 Å². The molecule has 12 N–H and O–H groups in total. The van der Waals surface area contributed by atoms with Crippen LogP contribution in [0.4, 0.5) is 0 Å². The van der Waals surface area contributed by atoms with Crippen LogP contribution < -0.4 is 21.7 Å². The number of quaternary nitrogens is 1. The zero-order valence-corrected chi connectivity index (χ0v) is 17.8. The van der Waals surface area contributed by atoms with E-state index in [0.29, 0.717) is 6.54 Å². The van der Waals surface area contributed by atoms with Crippen molar-refractivity contribution in [3.8, 4) is 0 Å². The van der Waals surface area contributed by atoms with Crippen molar-refractivity contribution in [2.45, 2.75) is 44.8 Å². The van der Waals surface area contributed by atoms with E-state index in [1.165, 1.54) is 0 Å². The predicted octanol–water partition coefficient (Wildman–Crippen LogP) is -6.73. The Balaban J connectivity index is -0.000000103. The van der Waals surface area contributed by atoms with E-state index in [9.17, 15) is 39.0 Å². The molecule has 0 rings (SSSR count). The molecule has 17 nitrogen and oxygen atoms in total. The molecule has 0 heterocycles. The van der Waals surface area contributed by atoms with Crippen molar-refractivity contribution in [1.82, 2.24) is 0 Å². The van der Waals surface area contributed by atoms with Crippen molar-refractivity contribution < 1.29 is 80.5 Å². The smallest absolute Gasteiger partial charge is 0.333 e. The molecule has 0 radical (unpaired) electrons. The fraction of sp³-hybridized carbons (Fsp3) is 0.625. The van der Waals surface area contributed by atoms with Crippen molar-refractivity contribution in [1.29, 1.82) is 0 Å². The summed E-state index contributed by atoms with van der Waals surface area (Å²) in [6, 6.07) is 0. The predicted molar refractivity (Wildman–Crippen MR) is 101 cm³/mol. The highest BCUT2D eigenvalue weighted by Crippen LogP contribution is 1.89. The molecule has 0 aliphatic heterocycles. The van der Waals surface area contributed by atoms with Gasteiger partial charge in [0.25, 0.3) is 0 Å². The zero-order chi connectivity index (χ0) is 27.6. The van der Waals surface area contributed by atoms with Gasteiger partial charge in [-0.2, -0.15) is 0 Å². The van der Waals surface area contributed by atoms with E-state index in [-0.39, 0.29) is 26.0 Å². The lowest BCUT2D eigenvalue weighted by atomic mass is 10.3. The maximum atomic E-state index is 9.72. The van der Waals surface area contributed by atoms with Crippen LogP contribution in [0.3, 0.4) is 0 Å². The van der Waals surface area contributed by atoms with Crippen molar-refractivity contribution in [3.63, 3.8) is 0 Å². The summed E-state index contributed by atoms with van der Waals surface area (Å²) in [6.45, 7) is 2.64. The van der Waals surface area contributed by atoms with Crippen LogP contribution >= 0.6 is 0 Å². The average Bonchev–Trinajstić information content (AvgIpc) is 2.62. The minimum Gasteiger partial charge on any atom is -0.550 e. The Kier molecular flexibility index (Phi) is 34.7. The summed E-state index contributed by atoms with van der Waals surface area (Å²) in [6.07, 6.45) is -5.19. The molecule has 0 amide bonds. The fourth-order valence-corrected chi connectivity index (χ4v) is 0.769. The van der Waals surface area contributed by atoms with Crippen LogP contribution in [-0.4, -0.2) is 103 Å². The van der Waals surface area contributed by atoms with E-state index < -0.39 is 60.9 Å². The molecule has 196 valence electrons. The number of rotatable bonds is 10. The molecule has 0 saturated carbocycles. The molecule has 0 aliphatic rings. The van der Waals surface area contributed by atoms with Gasteiger partial charge in [0, 0.05) is 25.5 Å². The van der Waals surface area contributed by atoms with E-state index in [0.717, 1.165) is 0 Å². The number of hydrogen-bond donors (Lipinski definition) is 9. The van der Waals surface area contributed by atoms with Gasteiger partial charge in [-0.3, -0.25) is 14.4 Å². The lowest BCUT2D eigenvalue weighted by Crippen LogP contribution is -2.50. The number of carboxylic acids is 6. The second-order valence-corrected chi connectivity index (χ2v) is 5.11. The molecule has 33 heavy (non-hydrogen) atoms. The summed E-state index contributed by atoms with van der Waals surface area (Å²) in [7, 11) is 0. The van der Waals surface area contributed by atoms with Gasteiger partial charge >= 0.3 is 23.9 Å². The quantitative estimate of drug-likeness (QED) is 0.137. The van der Waals surface area contributed by atoms with Gasteiger partial charge in [0.1, 0.15) is 0 Å². The largest absolute Gasteiger partial charge is 0.550 e. The van der Waals surface area contributed by atoms with Crippen LogP contribution in [-0.2, 0) is 28.8 Å². The molecule has 0 spiro atoms. The van der Waals surface area contributed by atoms with E-state index in [2.05, 4.69) is 5.73 Å². The van der Waals surface area contributed by atoms with Crippen molar-refractivity contribution >= 4 is 35.8 Å². The number of hydrogen-bond acceptors (Lipinski definition) is 12. The minimum absolute atomic E-state index is 0.0694. The zero-order valence-electron chi connectivity index (χ0n) is 17.8. The highest BCUT2D eigenvalue weighted by atomic mass is 16.4. The number of aliphatic carboxylic acids is 6. The number of carboxylic acid groups (broad SMARTS) is 6. The molecular formula is C16H31N2O15-. The monoisotopic (exact) mass is 491 g/mol. The van der Waals surface area contributed by atoms with Gasteiger partial charge in [0.15, 0.2) is 6.10 Å². The Morgan fingerprint density at radius 3 is 1.27 bits per heavy atom. The summed E-state index contributed by atoms with van der Waals surface area (Å²) < 4.78 is 0. The van der Waals surface area contributed by atoms with Gasteiger partial charge in [0.2, 0.25) is 0 Å². The Bertz CT molecular complexity index is 520. The Hall–Kier alpha value is -3.38. The first-order valence-electron chi connectivity index (χ1n) is 8.78. The van der Waals surface area contributed by atoms with E-state index in [1.54, 1.807) is 6.92 Å². The van der Waals surface area contributed by atoms with Crippen LogP contribution in [0.25, 0.3) is 0 Å². The number of nitrogens with two attached hydrogens (primary N) is 1. The average molecular weight is 491 g/mol. The highest BCUT2D eigenvalue weighted by Gasteiger charge is 2.16. The number of carbonyl (C=O) groups is 6. The maximum absolute atomic E-state index is 9.72. The van der Waals surface area contributed by atoms with Crippen molar-refractivity contribution in [2.75, 3.05) is 19.7 Å². The van der Waals surface area contributed by atoms with Crippen LogP contribution in [0.2, 0.25) is 0 Å². The molecule has 0 saturated heterocycles. The fourth-order valence-electron chi connectivity index (χ4n) is 0.769. The molecule has 0 aromatic rings. The summed E-state index contributed by atoms with van der Waals surface area (Å²) in [5.41, 5.74) is 8.19. The first kappa shape index (κ1) is 40.0. The summed E-state index contributed by atoms with van der Waals surface area (Å²) in [5, 5.41) is 74.8. The Labute approximate surface area is 187 Å². The van der Waals surface area contributed by atoms with Crippen LogP contribution in [0.1, 0.15) is 32.6 Å². The third-order valence-electron chi connectivity index (χ3n) is 2.03. The molecule has 0 fully saturated rings. The first-order chi connectivity index (χ1) is 15.0. The summed E-state index contributed by atoms with van der Waals surface area (Å²) in [4.78, 5) is 57.6. The summed E-state index contributed by atoms with van der Waals surface area (Å²) >= 11 is 0. The van der Waals surface area contributed by atoms with Gasteiger partial charge in [-0.15, -0.1) is 0 Å². The number of carbonyl (C=O) groups excluding carboxylic acids is 2. The first-order valence-corrected chi connectivity index (χ1v) is 8.78. The second-order valence-electron chi connectivity index (χ2n) is 5.11. The molecule has 2 atom stereocenters. The molecule has 0 bridgehead atoms. The van der Waals surface area contributed by atoms with Crippen LogP contribution in [0, 0.1) is 0 Å². The molecule has 0 aromatic carbocycles. The topological polar surface area (TPSA) is 344 Å². The Morgan fingerprint density at radius 2 is 1.21 bits per heavy atom. The SMILES string of the molecule is CCO.NCCC(=O)O.O=C(O)CC(O)C(=O)O.O=C([O-])CC(O)C(=O)[O-].[NH3+]CCC(=O)O. The number of aliphatic hydroxyl groups excluding tert-OH is 3. The second kappa shape index (κ2) is 28.6. The van der Waals surface area contributed by atoms with Gasteiger partial charge < -0.3 is 67.0 Å². The van der Waals surface area contributed by atoms with Crippen molar-refractivity contribution in [2.24, 2.45) is 5.73 Å². The minimum atomic E-state index is -1.96. The maximum Gasteiger partial charge on any atom is 0.333 e. The van der Waals surface area contributed by atoms with Crippen molar-refractivity contribution in [3.05, 3.63) is 0 Å². The van der Waals surface area contributed by atoms with Gasteiger partial charge in [-0.1, -0.05) is 0 Å². The molecular weight excluding hydrogens is 460 g/mol. The molecule has 17 heteroatoms. The Morgan fingerprint density at radius 1 is 0.818 bits per heavy atom. The van der Waals surface area contributed by atoms with E-state index >= 15 is 0 Å². The van der Waals surface area contributed by atoms with Gasteiger partial charge in [-0.25, -0.2) is 4.79 Å². The van der Waals surface area contributed by atoms with E-state index in [1.807, 2.05) is 0 Å².